The van der Waals surface area contributed by atoms with E-state index in [4.69, 9.17) is 4.74 Å². The fourth-order valence-corrected chi connectivity index (χ4v) is 2.96. The van der Waals surface area contributed by atoms with Crippen molar-refractivity contribution in [2.45, 2.75) is 25.2 Å². The lowest BCUT2D eigenvalue weighted by Gasteiger charge is -2.17. The molecular weight excluding hydrogens is 325 g/mol. The monoisotopic (exact) mass is 347 g/mol. The van der Waals surface area contributed by atoms with Gasteiger partial charge in [-0.2, -0.15) is 11.8 Å². The Morgan fingerprint density at radius 3 is 2.58 bits per heavy atom. The smallest absolute Gasteiger partial charge is 0.261 e. The van der Waals surface area contributed by atoms with Gasteiger partial charge in [-0.25, -0.2) is 4.39 Å². The summed E-state index contributed by atoms with van der Waals surface area (Å²) >= 11 is 1.76. The Balaban J connectivity index is 1.71. The molecule has 1 amide bonds. The van der Waals surface area contributed by atoms with E-state index in [2.05, 4.69) is 17.4 Å². The highest BCUT2D eigenvalue weighted by Crippen LogP contribution is 2.18. The summed E-state index contributed by atoms with van der Waals surface area (Å²) in [5, 5.41) is 2.85. The molecule has 0 fully saturated rings. The minimum atomic E-state index is -0.680. The lowest BCUT2D eigenvalue weighted by Crippen LogP contribution is -2.39. The highest BCUT2D eigenvalue weighted by Gasteiger charge is 2.19. The van der Waals surface area contributed by atoms with Gasteiger partial charge >= 0.3 is 0 Å². The van der Waals surface area contributed by atoms with E-state index in [0.29, 0.717) is 13.0 Å². The van der Waals surface area contributed by atoms with Gasteiger partial charge in [-0.05, 0) is 24.1 Å². The zero-order valence-electron chi connectivity index (χ0n) is 13.7. The number of nitrogens with one attached hydrogen (secondary N) is 1. The van der Waals surface area contributed by atoms with Crippen molar-refractivity contribution in [3.05, 3.63) is 66.0 Å². The number of carbonyl (C=O) groups is 1. The molecule has 0 aromatic heterocycles. The standard InChI is InChI=1S/C19H22FNO2S/c1-2-17(23-18-11-7-6-10-16(18)20)19(22)21-12-13-24-14-15-8-4-3-5-9-15/h3-11,17H,2,12-14H2,1H3,(H,21,22)/t17-/m1/s1. The molecule has 0 aliphatic rings. The van der Waals surface area contributed by atoms with Crippen LogP contribution in [0.3, 0.4) is 0 Å². The summed E-state index contributed by atoms with van der Waals surface area (Å²) < 4.78 is 19.1. The first-order chi connectivity index (χ1) is 11.7. The van der Waals surface area contributed by atoms with Gasteiger partial charge in [0, 0.05) is 18.1 Å². The largest absolute Gasteiger partial charge is 0.478 e. The van der Waals surface area contributed by atoms with Gasteiger partial charge < -0.3 is 10.1 Å². The number of hydrogen-bond donors (Lipinski definition) is 1. The molecule has 1 N–H and O–H groups in total. The molecule has 0 saturated carbocycles. The number of thioether (sulfide) groups is 1. The van der Waals surface area contributed by atoms with E-state index in [0.717, 1.165) is 11.5 Å². The fraction of sp³-hybridized carbons (Fsp3) is 0.316. The molecule has 2 rings (SSSR count). The molecule has 0 spiro atoms. The van der Waals surface area contributed by atoms with Crippen LogP contribution in [-0.4, -0.2) is 24.3 Å². The average Bonchev–Trinajstić information content (AvgIpc) is 2.61. The summed E-state index contributed by atoms with van der Waals surface area (Å²) in [7, 11) is 0. The lowest BCUT2D eigenvalue weighted by molar-refractivity contribution is -0.128. The second-order valence-electron chi connectivity index (χ2n) is 5.27. The molecule has 1 atom stereocenters. The van der Waals surface area contributed by atoms with Crippen LogP contribution in [0.5, 0.6) is 5.75 Å². The summed E-state index contributed by atoms with van der Waals surface area (Å²) in [5.74, 6) is 1.18. The van der Waals surface area contributed by atoms with E-state index in [1.807, 2.05) is 25.1 Å². The zero-order valence-corrected chi connectivity index (χ0v) is 14.5. The number of halogens is 1. The Kier molecular flexibility index (Phi) is 7.62. The van der Waals surface area contributed by atoms with E-state index < -0.39 is 11.9 Å². The Morgan fingerprint density at radius 1 is 1.17 bits per heavy atom. The highest BCUT2D eigenvalue weighted by atomic mass is 32.2. The van der Waals surface area contributed by atoms with Crippen LogP contribution < -0.4 is 10.1 Å². The summed E-state index contributed by atoms with van der Waals surface area (Å²) in [6.07, 6.45) is -0.196. The molecule has 0 bridgehead atoms. The number of para-hydroxylation sites is 1. The van der Waals surface area contributed by atoms with Crippen LogP contribution >= 0.6 is 11.8 Å². The van der Waals surface area contributed by atoms with E-state index in [1.165, 1.54) is 17.7 Å². The third-order valence-electron chi connectivity index (χ3n) is 3.43. The van der Waals surface area contributed by atoms with Gasteiger partial charge in [0.25, 0.3) is 5.91 Å². The minimum Gasteiger partial charge on any atom is -0.478 e. The van der Waals surface area contributed by atoms with Crippen molar-refractivity contribution < 1.29 is 13.9 Å². The van der Waals surface area contributed by atoms with Gasteiger partial charge in [-0.1, -0.05) is 49.4 Å². The zero-order chi connectivity index (χ0) is 17.2. The van der Waals surface area contributed by atoms with Crippen LogP contribution in [0, 0.1) is 5.82 Å². The van der Waals surface area contributed by atoms with E-state index in [9.17, 15) is 9.18 Å². The van der Waals surface area contributed by atoms with Crippen molar-refractivity contribution in [1.29, 1.82) is 0 Å². The lowest BCUT2D eigenvalue weighted by atomic mass is 10.2. The van der Waals surface area contributed by atoms with Crippen LogP contribution in [0.15, 0.2) is 54.6 Å². The predicted molar refractivity (Wildman–Crippen MR) is 96.7 cm³/mol. The van der Waals surface area contributed by atoms with Crippen LogP contribution in [0.25, 0.3) is 0 Å². The normalized spacial score (nSPS) is 11.8. The molecular formula is C19H22FNO2S. The predicted octanol–water partition coefficient (Wildman–Crippen LogP) is 4.03. The first kappa shape index (κ1) is 18.3. The third-order valence-corrected chi connectivity index (χ3v) is 4.46. The first-order valence-corrected chi connectivity index (χ1v) is 9.16. The van der Waals surface area contributed by atoms with Gasteiger partial charge in [0.05, 0.1) is 0 Å². The highest BCUT2D eigenvalue weighted by molar-refractivity contribution is 7.98. The van der Waals surface area contributed by atoms with Crippen molar-refractivity contribution in [1.82, 2.24) is 5.32 Å². The molecule has 0 unspecified atom stereocenters. The Morgan fingerprint density at radius 2 is 1.88 bits per heavy atom. The van der Waals surface area contributed by atoms with Crippen LogP contribution in [0.4, 0.5) is 4.39 Å². The van der Waals surface area contributed by atoms with Crippen LogP contribution in [0.1, 0.15) is 18.9 Å². The van der Waals surface area contributed by atoms with Crippen LogP contribution in [0.2, 0.25) is 0 Å². The summed E-state index contributed by atoms with van der Waals surface area (Å²) in [6, 6.07) is 16.3. The van der Waals surface area contributed by atoms with Crippen molar-refractivity contribution in [2.24, 2.45) is 0 Å². The topological polar surface area (TPSA) is 38.3 Å². The molecule has 2 aromatic carbocycles. The van der Waals surface area contributed by atoms with Gasteiger partial charge in [0.1, 0.15) is 0 Å². The molecule has 0 radical (unpaired) electrons. The summed E-state index contributed by atoms with van der Waals surface area (Å²) in [6.45, 7) is 2.41. The maximum Gasteiger partial charge on any atom is 0.261 e. The van der Waals surface area contributed by atoms with Crippen molar-refractivity contribution in [2.75, 3.05) is 12.3 Å². The van der Waals surface area contributed by atoms with Crippen molar-refractivity contribution in [3.8, 4) is 5.75 Å². The number of carbonyl (C=O) groups excluding carboxylic acids is 1. The first-order valence-electron chi connectivity index (χ1n) is 8.01. The van der Waals surface area contributed by atoms with Gasteiger partial charge in [-0.15, -0.1) is 0 Å². The van der Waals surface area contributed by atoms with Gasteiger partial charge in [0.2, 0.25) is 0 Å². The second kappa shape index (κ2) is 9.98. The number of rotatable bonds is 9. The molecule has 0 aliphatic carbocycles. The molecule has 2 aromatic rings. The van der Waals surface area contributed by atoms with Gasteiger partial charge in [-0.3, -0.25) is 4.79 Å². The van der Waals surface area contributed by atoms with E-state index >= 15 is 0 Å². The molecule has 0 heterocycles. The number of ether oxygens (including phenoxy) is 1. The molecule has 0 aliphatic heterocycles. The fourth-order valence-electron chi connectivity index (χ4n) is 2.14. The van der Waals surface area contributed by atoms with Crippen molar-refractivity contribution in [3.63, 3.8) is 0 Å². The van der Waals surface area contributed by atoms with Gasteiger partial charge in [0.15, 0.2) is 17.7 Å². The SMILES string of the molecule is CC[C@@H](Oc1ccccc1F)C(=O)NCCSCc1ccccc1. The maximum atomic E-state index is 13.6. The molecule has 0 saturated heterocycles. The summed E-state index contributed by atoms with van der Waals surface area (Å²) in [5.41, 5.74) is 1.27. The summed E-state index contributed by atoms with van der Waals surface area (Å²) in [4.78, 5) is 12.2. The van der Waals surface area contributed by atoms with Crippen LogP contribution in [-0.2, 0) is 10.5 Å². The maximum absolute atomic E-state index is 13.6. The number of amides is 1. The Labute approximate surface area is 146 Å². The minimum absolute atomic E-state index is 0.109. The average molecular weight is 347 g/mol. The number of hydrogen-bond acceptors (Lipinski definition) is 3. The molecule has 3 nitrogen and oxygen atoms in total. The molecule has 128 valence electrons. The Hall–Kier alpha value is -2.01. The molecule has 24 heavy (non-hydrogen) atoms. The number of benzene rings is 2. The molecule has 5 heteroatoms. The second-order valence-corrected chi connectivity index (χ2v) is 6.38. The van der Waals surface area contributed by atoms with E-state index in [-0.39, 0.29) is 11.7 Å². The van der Waals surface area contributed by atoms with E-state index in [1.54, 1.807) is 23.9 Å². The third kappa shape index (κ3) is 5.89. The quantitative estimate of drug-likeness (QED) is 0.696. The van der Waals surface area contributed by atoms with Crippen molar-refractivity contribution >= 4 is 17.7 Å². The Bertz CT molecular complexity index is 636.